The largest absolute Gasteiger partial charge is 0.493 e. The van der Waals surface area contributed by atoms with E-state index >= 15 is 0 Å². The zero-order chi connectivity index (χ0) is 12.2. The Balaban J connectivity index is 2.64. The van der Waals surface area contributed by atoms with Gasteiger partial charge in [-0.25, -0.2) is 0 Å². The quantitative estimate of drug-likeness (QED) is 0.895. The number of benzene rings is 1. The molecule has 0 aliphatic rings. The predicted octanol–water partition coefficient (Wildman–Crippen LogP) is 3.13. The molecule has 90 valence electrons. The fourth-order valence-electron chi connectivity index (χ4n) is 1.15. The molecule has 0 aliphatic heterocycles. The molecule has 1 aromatic rings. The van der Waals surface area contributed by atoms with Gasteiger partial charge in [-0.2, -0.15) is 13.2 Å². The molecular formula is C10H11ClF3NO. The van der Waals surface area contributed by atoms with Gasteiger partial charge in [-0.1, -0.05) is 17.7 Å². The molecule has 1 rings (SSSR count). The summed E-state index contributed by atoms with van der Waals surface area (Å²) in [5.74, 6) is 0.305. The van der Waals surface area contributed by atoms with E-state index in [0.717, 1.165) is 0 Å². The first kappa shape index (κ1) is 13.1. The van der Waals surface area contributed by atoms with Crippen molar-refractivity contribution < 1.29 is 17.9 Å². The fourth-order valence-corrected chi connectivity index (χ4v) is 1.39. The Morgan fingerprint density at radius 2 is 2.00 bits per heavy atom. The van der Waals surface area contributed by atoms with Crippen LogP contribution in [0, 0.1) is 0 Å². The van der Waals surface area contributed by atoms with E-state index in [4.69, 9.17) is 22.1 Å². The van der Waals surface area contributed by atoms with Gasteiger partial charge in [-0.05, 0) is 12.1 Å². The van der Waals surface area contributed by atoms with Crippen molar-refractivity contribution in [2.24, 2.45) is 5.73 Å². The Morgan fingerprint density at radius 3 is 2.56 bits per heavy atom. The minimum Gasteiger partial charge on any atom is -0.493 e. The molecule has 6 heteroatoms. The molecule has 1 aromatic carbocycles. The minimum absolute atomic E-state index is 0.126. The van der Waals surface area contributed by atoms with Crippen LogP contribution in [0.5, 0.6) is 5.75 Å². The van der Waals surface area contributed by atoms with Gasteiger partial charge in [0, 0.05) is 17.1 Å². The number of hydrogen-bond acceptors (Lipinski definition) is 2. The summed E-state index contributed by atoms with van der Waals surface area (Å²) in [7, 11) is 0. The first-order valence-corrected chi connectivity index (χ1v) is 4.99. The minimum atomic E-state index is -4.22. The van der Waals surface area contributed by atoms with Crippen molar-refractivity contribution in [3.8, 4) is 5.75 Å². The highest BCUT2D eigenvalue weighted by Crippen LogP contribution is 2.27. The third kappa shape index (κ3) is 3.90. The van der Waals surface area contributed by atoms with Crippen LogP contribution in [0.3, 0.4) is 0 Å². The molecule has 0 aliphatic carbocycles. The third-order valence-electron chi connectivity index (χ3n) is 1.92. The van der Waals surface area contributed by atoms with Crippen LogP contribution in [-0.2, 0) is 6.54 Å². The highest BCUT2D eigenvalue weighted by atomic mass is 35.5. The Labute approximate surface area is 96.1 Å². The van der Waals surface area contributed by atoms with E-state index in [2.05, 4.69) is 0 Å². The van der Waals surface area contributed by atoms with E-state index in [-0.39, 0.29) is 6.54 Å². The molecule has 2 N–H and O–H groups in total. The molecule has 0 saturated heterocycles. The first-order chi connectivity index (χ1) is 7.44. The standard InChI is InChI=1S/C10H11ClF3NO/c11-8-2-1-3-9(7(8)6-15)16-5-4-10(12,13)14/h1-3H,4-6,15H2. The summed E-state index contributed by atoms with van der Waals surface area (Å²) in [5.41, 5.74) is 5.94. The van der Waals surface area contributed by atoms with E-state index in [1.165, 1.54) is 0 Å². The van der Waals surface area contributed by atoms with E-state index in [1.807, 2.05) is 0 Å². The van der Waals surface area contributed by atoms with Crippen molar-refractivity contribution in [3.05, 3.63) is 28.8 Å². The molecule has 16 heavy (non-hydrogen) atoms. The van der Waals surface area contributed by atoms with Crippen molar-refractivity contribution >= 4 is 11.6 Å². The highest BCUT2D eigenvalue weighted by molar-refractivity contribution is 6.31. The van der Waals surface area contributed by atoms with Gasteiger partial charge in [0.05, 0.1) is 13.0 Å². The lowest BCUT2D eigenvalue weighted by Gasteiger charge is -2.12. The smallest absolute Gasteiger partial charge is 0.392 e. The predicted molar refractivity (Wildman–Crippen MR) is 55.5 cm³/mol. The lowest BCUT2D eigenvalue weighted by molar-refractivity contribution is -0.139. The Bertz CT molecular complexity index is 354. The summed E-state index contributed by atoms with van der Waals surface area (Å²) in [6.07, 6.45) is -5.22. The number of rotatable bonds is 4. The highest BCUT2D eigenvalue weighted by Gasteiger charge is 2.27. The topological polar surface area (TPSA) is 35.2 Å². The lowest BCUT2D eigenvalue weighted by atomic mass is 10.2. The zero-order valence-corrected chi connectivity index (χ0v) is 9.11. The van der Waals surface area contributed by atoms with E-state index in [1.54, 1.807) is 18.2 Å². The van der Waals surface area contributed by atoms with Crippen molar-refractivity contribution in [1.29, 1.82) is 0 Å². The number of halogens is 4. The van der Waals surface area contributed by atoms with Crippen LogP contribution in [0.4, 0.5) is 13.2 Å². The summed E-state index contributed by atoms with van der Waals surface area (Å²) in [4.78, 5) is 0. The molecule has 0 aromatic heterocycles. The average molecular weight is 254 g/mol. The summed E-state index contributed by atoms with van der Waals surface area (Å²) in [5, 5.41) is 0.395. The van der Waals surface area contributed by atoms with Crippen LogP contribution in [0.15, 0.2) is 18.2 Å². The average Bonchev–Trinajstić information content (AvgIpc) is 2.16. The molecule has 0 heterocycles. The summed E-state index contributed by atoms with van der Waals surface area (Å²) in [6, 6.07) is 4.76. The maximum atomic E-state index is 11.9. The first-order valence-electron chi connectivity index (χ1n) is 4.61. The van der Waals surface area contributed by atoms with Gasteiger partial charge in [0.1, 0.15) is 5.75 Å². The molecule has 0 unspecified atom stereocenters. The normalized spacial score (nSPS) is 11.6. The number of nitrogens with two attached hydrogens (primary N) is 1. The van der Waals surface area contributed by atoms with Crippen LogP contribution in [0.25, 0.3) is 0 Å². The fraction of sp³-hybridized carbons (Fsp3) is 0.400. The monoisotopic (exact) mass is 253 g/mol. The van der Waals surface area contributed by atoms with Crippen LogP contribution >= 0.6 is 11.6 Å². The van der Waals surface area contributed by atoms with Gasteiger partial charge in [0.15, 0.2) is 0 Å². The molecule has 0 atom stereocenters. The number of hydrogen-bond donors (Lipinski definition) is 1. The molecule has 0 fully saturated rings. The molecule has 0 saturated carbocycles. The Hall–Kier alpha value is -0.940. The molecule has 0 amide bonds. The third-order valence-corrected chi connectivity index (χ3v) is 2.28. The van der Waals surface area contributed by atoms with Crippen molar-refractivity contribution in [3.63, 3.8) is 0 Å². The van der Waals surface area contributed by atoms with Crippen molar-refractivity contribution in [2.75, 3.05) is 6.61 Å². The van der Waals surface area contributed by atoms with Crippen LogP contribution < -0.4 is 10.5 Å². The molecule has 0 bridgehead atoms. The number of ether oxygens (including phenoxy) is 1. The molecule has 0 radical (unpaired) electrons. The maximum Gasteiger partial charge on any atom is 0.392 e. The summed E-state index contributed by atoms with van der Waals surface area (Å²) >= 11 is 5.82. The SMILES string of the molecule is NCc1c(Cl)cccc1OCCC(F)(F)F. The molecule has 2 nitrogen and oxygen atoms in total. The van der Waals surface area contributed by atoms with Crippen molar-refractivity contribution in [1.82, 2.24) is 0 Å². The van der Waals surface area contributed by atoms with Crippen molar-refractivity contribution in [2.45, 2.75) is 19.1 Å². The van der Waals surface area contributed by atoms with Crippen LogP contribution in [-0.4, -0.2) is 12.8 Å². The Kier molecular flexibility index (Phi) is 4.44. The van der Waals surface area contributed by atoms with Gasteiger partial charge in [-0.15, -0.1) is 0 Å². The number of alkyl halides is 3. The summed E-state index contributed by atoms with van der Waals surface area (Å²) < 4.78 is 40.7. The molecule has 0 spiro atoms. The van der Waals surface area contributed by atoms with Gasteiger partial charge >= 0.3 is 6.18 Å². The Morgan fingerprint density at radius 1 is 1.31 bits per heavy atom. The molecular weight excluding hydrogens is 243 g/mol. The zero-order valence-electron chi connectivity index (χ0n) is 8.35. The summed E-state index contributed by atoms with van der Waals surface area (Å²) in [6.45, 7) is -0.308. The van der Waals surface area contributed by atoms with E-state index in [0.29, 0.717) is 16.3 Å². The van der Waals surface area contributed by atoms with Crippen LogP contribution in [0.1, 0.15) is 12.0 Å². The van der Waals surface area contributed by atoms with Crippen LogP contribution in [0.2, 0.25) is 5.02 Å². The second-order valence-electron chi connectivity index (χ2n) is 3.13. The maximum absolute atomic E-state index is 11.9. The van der Waals surface area contributed by atoms with Gasteiger partial charge in [0.25, 0.3) is 0 Å². The second-order valence-corrected chi connectivity index (χ2v) is 3.54. The second kappa shape index (κ2) is 5.41. The van der Waals surface area contributed by atoms with Gasteiger partial charge in [-0.3, -0.25) is 0 Å². The van der Waals surface area contributed by atoms with Gasteiger partial charge in [0.2, 0.25) is 0 Å². The van der Waals surface area contributed by atoms with E-state index in [9.17, 15) is 13.2 Å². The van der Waals surface area contributed by atoms with E-state index < -0.39 is 19.2 Å². The lowest BCUT2D eigenvalue weighted by Crippen LogP contribution is -2.14. The van der Waals surface area contributed by atoms with Gasteiger partial charge < -0.3 is 10.5 Å².